The average Bonchev–Trinajstić information content (AvgIpc) is 3.63. The van der Waals surface area contributed by atoms with Crippen LogP contribution in [0.15, 0.2) is 12.4 Å². The van der Waals surface area contributed by atoms with Gasteiger partial charge in [0.15, 0.2) is 0 Å². The van der Waals surface area contributed by atoms with Crippen LogP contribution < -0.4 is 9.80 Å². The number of fused-ring (bicyclic) bond motifs is 2. The molecule has 0 radical (unpaired) electrons. The summed E-state index contributed by atoms with van der Waals surface area (Å²) in [6.45, 7) is 14.1. The molecule has 6 rings (SSSR count). The van der Waals surface area contributed by atoms with Gasteiger partial charge in [-0.15, -0.1) is 0 Å². The maximum atomic E-state index is 12.4. The average molecular weight is 637 g/mol. The van der Waals surface area contributed by atoms with E-state index >= 15 is 0 Å². The maximum absolute atomic E-state index is 12.4. The molecule has 4 aromatic rings. The second-order valence-corrected chi connectivity index (χ2v) is 11.0. The summed E-state index contributed by atoms with van der Waals surface area (Å²) < 4.78 is 21.1. The predicted molar refractivity (Wildman–Crippen MR) is 174 cm³/mol. The molecule has 4 aromatic heterocycles. The van der Waals surface area contributed by atoms with Crippen LogP contribution >= 0.6 is 0 Å². The quantitative estimate of drug-likeness (QED) is 0.242. The van der Waals surface area contributed by atoms with E-state index in [1.165, 1.54) is 0 Å². The molecule has 0 aliphatic carbocycles. The van der Waals surface area contributed by atoms with Gasteiger partial charge in [0.1, 0.15) is 22.2 Å². The Bertz CT molecular complexity index is 1500. The predicted octanol–water partition coefficient (Wildman–Crippen LogP) is 3.85. The first-order valence-corrected chi connectivity index (χ1v) is 16.2. The number of anilines is 2. The first-order chi connectivity index (χ1) is 22.5. The number of esters is 2. The van der Waals surface area contributed by atoms with Gasteiger partial charge in [-0.25, -0.2) is 29.5 Å². The van der Waals surface area contributed by atoms with E-state index < -0.39 is 0 Å². The molecule has 0 saturated carbocycles. The van der Waals surface area contributed by atoms with Crippen molar-refractivity contribution in [2.75, 3.05) is 75.6 Å². The molecular weight excluding hydrogens is 592 g/mol. The number of aromatic nitrogens is 6. The normalized spacial score (nSPS) is 15.1. The molecule has 0 amide bonds. The van der Waals surface area contributed by atoms with Crippen molar-refractivity contribution in [2.45, 2.75) is 53.4 Å². The minimum atomic E-state index is -0.325. The van der Waals surface area contributed by atoms with Crippen LogP contribution in [0.4, 0.5) is 11.9 Å². The van der Waals surface area contributed by atoms with Crippen molar-refractivity contribution in [3.63, 3.8) is 0 Å². The van der Waals surface area contributed by atoms with Crippen LogP contribution in [0.1, 0.15) is 72.6 Å². The minimum absolute atomic E-state index is 0.325. The summed E-state index contributed by atoms with van der Waals surface area (Å²) in [6.07, 6.45) is 6.91. The fourth-order valence-corrected chi connectivity index (χ4v) is 5.60. The molecule has 2 saturated heterocycles. The zero-order chi connectivity index (χ0) is 32.5. The molecule has 2 fully saturated rings. The van der Waals surface area contributed by atoms with Crippen LogP contribution in [-0.2, 0) is 31.8 Å². The van der Waals surface area contributed by atoms with E-state index in [9.17, 15) is 9.59 Å². The maximum Gasteiger partial charge on any atom is 0.342 e. The van der Waals surface area contributed by atoms with E-state index in [1.807, 2.05) is 0 Å². The number of carbonyl (C=O) groups excluding carboxylic acids is 2. The number of hydrogen-bond acceptors (Lipinski definition) is 12. The van der Waals surface area contributed by atoms with Gasteiger partial charge in [0.2, 0.25) is 11.9 Å². The Hall–Kier alpha value is -4.30. The number of aryl methyl sites for hydroxylation is 2. The first kappa shape index (κ1) is 33.1. The van der Waals surface area contributed by atoms with Gasteiger partial charge in [0.25, 0.3) is 0 Å². The number of aromatic amines is 2. The lowest BCUT2D eigenvalue weighted by Gasteiger charge is -2.26. The number of nitrogens with one attached hydrogen (secondary N) is 2. The summed E-state index contributed by atoms with van der Waals surface area (Å²) >= 11 is 0. The molecular formula is C32H44N8O6. The molecule has 248 valence electrons. The van der Waals surface area contributed by atoms with Crippen molar-refractivity contribution in [1.82, 2.24) is 29.9 Å². The standard InChI is InChI=1S/2C16H22N4O3/c2*1-3-5-11-13(15(21)23-4-2)14-12(18-11)10-17-16(19-14)20-6-8-22-9-7-20/h2*10,18H,3-9H2,1-2H3. The number of nitrogens with zero attached hydrogens (tertiary/aromatic N) is 6. The number of H-pyrrole nitrogens is 2. The van der Waals surface area contributed by atoms with E-state index in [2.05, 4.69) is 53.6 Å². The SMILES string of the molecule is CCCc1[nH]c2cnc(N3CCOCC3)nc2c1C(=O)OCC.CCCc1[nH]c2cnc(N3CCOCC3)nc2c1C(=O)OCC. The van der Waals surface area contributed by atoms with E-state index in [1.54, 1.807) is 26.2 Å². The molecule has 2 aliphatic heterocycles. The molecule has 0 aromatic carbocycles. The van der Waals surface area contributed by atoms with Gasteiger partial charge in [-0.1, -0.05) is 26.7 Å². The smallest absolute Gasteiger partial charge is 0.342 e. The summed E-state index contributed by atoms with van der Waals surface area (Å²) in [5.41, 5.74) is 5.65. The molecule has 46 heavy (non-hydrogen) atoms. The molecule has 0 bridgehead atoms. The van der Waals surface area contributed by atoms with Crippen molar-refractivity contribution in [3.8, 4) is 0 Å². The fourth-order valence-electron chi connectivity index (χ4n) is 5.60. The van der Waals surface area contributed by atoms with Gasteiger partial charge in [-0.05, 0) is 26.7 Å². The van der Waals surface area contributed by atoms with Gasteiger partial charge < -0.3 is 38.7 Å². The second kappa shape index (κ2) is 15.8. The van der Waals surface area contributed by atoms with E-state index in [-0.39, 0.29) is 11.9 Å². The molecule has 2 N–H and O–H groups in total. The molecule has 14 heteroatoms. The third kappa shape index (κ3) is 7.39. The van der Waals surface area contributed by atoms with Crippen molar-refractivity contribution < 1.29 is 28.5 Å². The van der Waals surface area contributed by atoms with Crippen LogP contribution in [0.2, 0.25) is 0 Å². The van der Waals surface area contributed by atoms with Crippen LogP contribution in [0.5, 0.6) is 0 Å². The molecule has 0 unspecified atom stereocenters. The highest BCUT2D eigenvalue weighted by molar-refractivity contribution is 6.04. The van der Waals surface area contributed by atoms with Gasteiger partial charge in [-0.3, -0.25) is 0 Å². The largest absolute Gasteiger partial charge is 0.462 e. The summed E-state index contributed by atoms with van der Waals surface area (Å²) in [5, 5.41) is 0. The summed E-state index contributed by atoms with van der Waals surface area (Å²) in [5.74, 6) is 0.615. The van der Waals surface area contributed by atoms with Crippen LogP contribution in [0, 0.1) is 0 Å². The Morgan fingerprint density at radius 3 is 1.43 bits per heavy atom. The molecule has 0 spiro atoms. The minimum Gasteiger partial charge on any atom is -0.462 e. The number of ether oxygens (including phenoxy) is 4. The highest BCUT2D eigenvalue weighted by atomic mass is 16.5. The third-order valence-electron chi connectivity index (χ3n) is 7.75. The fraction of sp³-hybridized carbons (Fsp3) is 0.562. The monoisotopic (exact) mass is 636 g/mol. The Labute approximate surface area is 268 Å². The second-order valence-electron chi connectivity index (χ2n) is 11.0. The van der Waals surface area contributed by atoms with E-state index in [4.69, 9.17) is 18.9 Å². The number of carbonyl (C=O) groups is 2. The van der Waals surface area contributed by atoms with Crippen molar-refractivity contribution >= 4 is 45.9 Å². The van der Waals surface area contributed by atoms with Crippen LogP contribution in [0.25, 0.3) is 22.1 Å². The third-order valence-corrected chi connectivity index (χ3v) is 7.75. The van der Waals surface area contributed by atoms with Crippen molar-refractivity contribution in [1.29, 1.82) is 0 Å². The molecule has 14 nitrogen and oxygen atoms in total. The lowest BCUT2D eigenvalue weighted by atomic mass is 10.1. The summed E-state index contributed by atoms with van der Waals surface area (Å²) in [7, 11) is 0. The number of rotatable bonds is 10. The Morgan fingerprint density at radius 1 is 0.696 bits per heavy atom. The summed E-state index contributed by atoms with van der Waals surface area (Å²) in [6, 6.07) is 0. The first-order valence-electron chi connectivity index (χ1n) is 16.2. The topological polar surface area (TPSA) is 161 Å². The summed E-state index contributed by atoms with van der Waals surface area (Å²) in [4.78, 5) is 53.5. The van der Waals surface area contributed by atoms with Crippen LogP contribution in [-0.4, -0.2) is 108 Å². The molecule has 6 heterocycles. The zero-order valence-electron chi connectivity index (χ0n) is 27.2. The van der Waals surface area contributed by atoms with Gasteiger partial charge in [-0.2, -0.15) is 0 Å². The molecule has 2 aliphatic rings. The van der Waals surface area contributed by atoms with Crippen molar-refractivity contribution in [3.05, 3.63) is 34.9 Å². The van der Waals surface area contributed by atoms with Gasteiger partial charge in [0.05, 0.1) is 63.1 Å². The highest BCUT2D eigenvalue weighted by Crippen LogP contribution is 2.26. The zero-order valence-corrected chi connectivity index (χ0v) is 27.2. The van der Waals surface area contributed by atoms with E-state index in [0.29, 0.717) is 73.7 Å². The Morgan fingerprint density at radius 2 is 1.09 bits per heavy atom. The van der Waals surface area contributed by atoms with Gasteiger partial charge in [0, 0.05) is 37.6 Å². The lowest BCUT2D eigenvalue weighted by Crippen LogP contribution is -2.37. The number of hydrogen-bond donors (Lipinski definition) is 2. The Balaban J connectivity index is 0.000000181. The Kier molecular flexibility index (Phi) is 11.4. The lowest BCUT2D eigenvalue weighted by molar-refractivity contribution is 0.0517. The van der Waals surface area contributed by atoms with E-state index in [0.717, 1.165) is 74.3 Å². The highest BCUT2D eigenvalue weighted by Gasteiger charge is 2.24. The van der Waals surface area contributed by atoms with Gasteiger partial charge >= 0.3 is 11.9 Å². The van der Waals surface area contributed by atoms with Crippen molar-refractivity contribution in [2.24, 2.45) is 0 Å². The van der Waals surface area contributed by atoms with Crippen LogP contribution in [0.3, 0.4) is 0 Å². The number of morpholine rings is 2. The molecule has 0 atom stereocenters.